The number of hydrogen-bond acceptors (Lipinski definition) is 4. The highest BCUT2D eigenvalue weighted by Crippen LogP contribution is 2.52. The fourth-order valence-electron chi connectivity index (χ4n) is 1.68. The monoisotopic (exact) mass is 537 g/mol. The van der Waals surface area contributed by atoms with Crippen LogP contribution >= 0.6 is 0 Å². The Hall–Kier alpha value is -2.96. The van der Waals surface area contributed by atoms with E-state index in [1.807, 2.05) is 0 Å². The van der Waals surface area contributed by atoms with Crippen molar-refractivity contribution in [1.82, 2.24) is 0 Å². The number of nitrogens with one attached hydrogen (secondary N) is 1. The van der Waals surface area contributed by atoms with Gasteiger partial charge in [-0.15, -0.1) is 0 Å². The van der Waals surface area contributed by atoms with E-state index in [0.717, 1.165) is 0 Å². The van der Waals surface area contributed by atoms with Gasteiger partial charge in [0.1, 0.15) is 0 Å². The Kier molecular flexibility index (Phi) is 7.42. The lowest BCUT2D eigenvalue weighted by Gasteiger charge is -2.28. The Morgan fingerprint density at radius 3 is 1.32 bits per heavy atom. The number of amides is 1. The molecule has 1 rings (SSSR count). The second-order valence-corrected chi connectivity index (χ2v) is 5.80. The molecule has 1 aromatic carbocycles. The lowest BCUT2D eigenvalue weighted by atomic mass is 10.2. The summed E-state index contributed by atoms with van der Waals surface area (Å²) in [4.78, 5) is 11.1. The number of halogens is 15. The molecule has 0 aliphatic heterocycles. The van der Waals surface area contributed by atoms with Gasteiger partial charge in [0.05, 0.1) is 5.69 Å². The zero-order valence-corrected chi connectivity index (χ0v) is 15.5. The number of carbonyl (C=O) groups excluding carboxylic acids is 1. The summed E-state index contributed by atoms with van der Waals surface area (Å²) in [5, 5.41) is 1.30. The van der Waals surface area contributed by atoms with E-state index in [1.54, 1.807) is 0 Å². The van der Waals surface area contributed by atoms with Crippen molar-refractivity contribution < 1.29 is 84.9 Å². The van der Waals surface area contributed by atoms with Gasteiger partial charge in [-0.05, 0) is 12.1 Å². The first-order valence-electron chi connectivity index (χ1n) is 7.67. The average Bonchev–Trinajstić information content (AvgIpc) is 2.56. The highest BCUT2D eigenvalue weighted by atomic mass is 19.4. The quantitative estimate of drug-likeness (QED) is 0.419. The maximum atomic E-state index is 13.3. The van der Waals surface area contributed by atoms with Crippen LogP contribution in [0.1, 0.15) is 6.92 Å². The SMILES string of the molecule is CC(=O)Nc1ccc(OC(F)(F)C(F)(F)F)c(OC(F)(F)C(F)(F)F)c1OC(F)(F)C(F)(F)F. The van der Waals surface area contributed by atoms with Crippen LogP contribution < -0.4 is 19.5 Å². The molecule has 0 spiro atoms. The zero-order chi connectivity index (χ0) is 27.1. The molecule has 5 nitrogen and oxygen atoms in total. The molecule has 0 saturated carbocycles. The molecular formula is C14H6F15NO4. The predicted molar refractivity (Wildman–Crippen MR) is 75.6 cm³/mol. The van der Waals surface area contributed by atoms with Crippen LogP contribution in [0.25, 0.3) is 0 Å². The molecule has 0 heterocycles. The maximum Gasteiger partial charge on any atom is 0.499 e. The number of rotatable bonds is 7. The highest BCUT2D eigenvalue weighted by Gasteiger charge is 2.65. The molecular weight excluding hydrogens is 531 g/mol. The van der Waals surface area contributed by atoms with Gasteiger partial charge < -0.3 is 19.5 Å². The summed E-state index contributed by atoms with van der Waals surface area (Å²) in [6, 6.07) is -0.436. The van der Waals surface area contributed by atoms with Crippen LogP contribution in [0.5, 0.6) is 17.2 Å². The van der Waals surface area contributed by atoms with Gasteiger partial charge in [0.2, 0.25) is 11.7 Å². The molecule has 1 aromatic rings. The van der Waals surface area contributed by atoms with E-state index in [-0.39, 0.29) is 12.1 Å². The molecule has 196 valence electrons. The number of hydrogen-bond donors (Lipinski definition) is 1. The summed E-state index contributed by atoms with van der Waals surface area (Å²) in [5.74, 6) is -9.60. The Morgan fingerprint density at radius 2 is 0.971 bits per heavy atom. The molecule has 0 saturated heterocycles. The number of carbonyl (C=O) groups is 1. The summed E-state index contributed by atoms with van der Waals surface area (Å²) in [6.07, 6.45) is -39.8. The third-order valence-corrected chi connectivity index (χ3v) is 3.08. The molecule has 0 aromatic heterocycles. The topological polar surface area (TPSA) is 56.8 Å². The highest BCUT2D eigenvalue weighted by molar-refractivity contribution is 5.91. The zero-order valence-electron chi connectivity index (χ0n) is 15.5. The van der Waals surface area contributed by atoms with Gasteiger partial charge in [-0.1, -0.05) is 0 Å². The van der Waals surface area contributed by atoms with E-state index >= 15 is 0 Å². The molecule has 1 amide bonds. The largest absolute Gasteiger partial charge is 0.499 e. The normalized spacial score (nSPS) is 14.0. The Balaban J connectivity index is 3.94. The van der Waals surface area contributed by atoms with Crippen molar-refractivity contribution in [3.05, 3.63) is 12.1 Å². The Labute approximate surface area is 176 Å². The smallest absolute Gasteiger partial charge is 0.422 e. The molecule has 0 atom stereocenters. The average molecular weight is 537 g/mol. The first-order chi connectivity index (χ1) is 14.8. The summed E-state index contributed by atoms with van der Waals surface area (Å²) >= 11 is 0. The lowest BCUT2D eigenvalue weighted by molar-refractivity contribution is -0.371. The second kappa shape index (κ2) is 8.67. The van der Waals surface area contributed by atoms with Crippen molar-refractivity contribution >= 4 is 11.6 Å². The van der Waals surface area contributed by atoms with Crippen LogP contribution in [0.2, 0.25) is 0 Å². The molecule has 0 unspecified atom stereocenters. The third kappa shape index (κ3) is 6.33. The number of alkyl halides is 15. The molecule has 20 heteroatoms. The first kappa shape index (κ1) is 29.1. The summed E-state index contributed by atoms with van der Waals surface area (Å²) in [7, 11) is 0. The van der Waals surface area contributed by atoms with Gasteiger partial charge in [0, 0.05) is 6.92 Å². The third-order valence-electron chi connectivity index (χ3n) is 3.08. The van der Waals surface area contributed by atoms with Gasteiger partial charge in [0.25, 0.3) is 0 Å². The van der Waals surface area contributed by atoms with E-state index < -0.39 is 65.7 Å². The van der Waals surface area contributed by atoms with Crippen molar-refractivity contribution in [3.63, 3.8) is 0 Å². The van der Waals surface area contributed by atoms with E-state index in [1.165, 1.54) is 5.32 Å². The molecule has 34 heavy (non-hydrogen) atoms. The maximum absolute atomic E-state index is 13.3. The second-order valence-electron chi connectivity index (χ2n) is 5.80. The molecule has 0 radical (unpaired) electrons. The minimum atomic E-state index is -6.83. The Morgan fingerprint density at radius 1 is 0.618 bits per heavy atom. The van der Waals surface area contributed by atoms with Gasteiger partial charge in [-0.25, -0.2) is 0 Å². The molecule has 0 aliphatic carbocycles. The van der Waals surface area contributed by atoms with E-state index in [4.69, 9.17) is 0 Å². The van der Waals surface area contributed by atoms with Crippen molar-refractivity contribution in [2.75, 3.05) is 5.32 Å². The van der Waals surface area contributed by atoms with Gasteiger partial charge in [-0.3, -0.25) is 4.79 Å². The minimum Gasteiger partial charge on any atom is -0.422 e. The van der Waals surface area contributed by atoms with Crippen molar-refractivity contribution in [3.8, 4) is 17.2 Å². The lowest BCUT2D eigenvalue weighted by Crippen LogP contribution is -2.44. The van der Waals surface area contributed by atoms with Gasteiger partial charge in [0.15, 0.2) is 11.5 Å². The summed E-state index contributed by atoms with van der Waals surface area (Å²) in [5.41, 5.74) is -1.65. The van der Waals surface area contributed by atoms with E-state index in [9.17, 15) is 70.7 Å². The molecule has 0 fully saturated rings. The Bertz CT molecular complexity index is 904. The predicted octanol–water partition coefficient (Wildman–Crippen LogP) is 6.25. The first-order valence-corrected chi connectivity index (χ1v) is 7.67. The van der Waals surface area contributed by atoms with Crippen molar-refractivity contribution in [2.45, 2.75) is 43.8 Å². The van der Waals surface area contributed by atoms with Crippen LogP contribution in [0.3, 0.4) is 0 Å². The van der Waals surface area contributed by atoms with Crippen LogP contribution in [0.4, 0.5) is 71.5 Å². The van der Waals surface area contributed by atoms with Crippen LogP contribution in [0.15, 0.2) is 12.1 Å². The standard InChI is InChI=1S/C14H6F15NO4/c1-4(31)30-5-2-3-6(32-12(24,25)9(15,16)17)8(34-14(28,29)11(21,22)23)7(5)33-13(26,27)10(18,19)20/h2-3H,1H3,(H,30,31). The fraction of sp³-hybridized carbons (Fsp3) is 0.500. The van der Waals surface area contributed by atoms with Gasteiger partial charge in [-0.2, -0.15) is 65.9 Å². The number of anilines is 1. The van der Waals surface area contributed by atoms with E-state index in [0.29, 0.717) is 6.92 Å². The molecule has 0 aliphatic rings. The summed E-state index contributed by atoms with van der Waals surface area (Å²) in [6.45, 7) is 0.485. The minimum absolute atomic E-state index is 0.0937. The van der Waals surface area contributed by atoms with E-state index in [2.05, 4.69) is 14.2 Å². The fourth-order valence-corrected chi connectivity index (χ4v) is 1.68. The number of ether oxygens (including phenoxy) is 3. The molecule has 1 N–H and O–H groups in total. The van der Waals surface area contributed by atoms with Crippen LogP contribution in [-0.4, -0.2) is 42.8 Å². The van der Waals surface area contributed by atoms with Crippen LogP contribution in [-0.2, 0) is 4.79 Å². The van der Waals surface area contributed by atoms with Crippen molar-refractivity contribution in [2.24, 2.45) is 0 Å². The van der Waals surface area contributed by atoms with Crippen LogP contribution in [0, 0.1) is 0 Å². The summed E-state index contributed by atoms with van der Waals surface area (Å²) < 4.78 is 200. The van der Waals surface area contributed by atoms with Gasteiger partial charge >= 0.3 is 36.9 Å². The number of benzene rings is 1. The molecule has 0 bridgehead atoms. The van der Waals surface area contributed by atoms with Crippen molar-refractivity contribution in [1.29, 1.82) is 0 Å².